The number of hydrogen-bond donors (Lipinski definition) is 1. The SMILES string of the molecule is CNC(CCc1cnc(C(F)(F)F)s1)C1CC1. The Hall–Kier alpha value is -0.620. The Balaban J connectivity index is 1.88. The van der Waals surface area contributed by atoms with E-state index in [4.69, 9.17) is 0 Å². The van der Waals surface area contributed by atoms with E-state index in [0.717, 1.165) is 28.6 Å². The van der Waals surface area contributed by atoms with Gasteiger partial charge in [-0.05, 0) is 38.6 Å². The average molecular weight is 264 g/mol. The van der Waals surface area contributed by atoms with E-state index in [2.05, 4.69) is 10.3 Å². The van der Waals surface area contributed by atoms with E-state index in [1.54, 1.807) is 0 Å². The topological polar surface area (TPSA) is 24.9 Å². The Kier molecular flexibility index (Phi) is 3.73. The maximum atomic E-state index is 12.3. The molecule has 2 rings (SSSR count). The standard InChI is InChI=1S/C11H15F3N2S/c1-15-9(7-2-3-7)5-4-8-6-16-10(17-8)11(12,13)14/h6-7,9,15H,2-5H2,1H3. The molecule has 1 unspecified atom stereocenters. The number of nitrogens with one attached hydrogen (secondary N) is 1. The van der Waals surface area contributed by atoms with Crippen molar-refractivity contribution < 1.29 is 13.2 Å². The first-order valence-electron chi connectivity index (χ1n) is 5.70. The third-order valence-electron chi connectivity index (χ3n) is 3.06. The summed E-state index contributed by atoms with van der Waals surface area (Å²) >= 11 is 0.761. The van der Waals surface area contributed by atoms with Crippen LogP contribution in [0, 0.1) is 5.92 Å². The van der Waals surface area contributed by atoms with Crippen LogP contribution in [0.25, 0.3) is 0 Å². The van der Waals surface area contributed by atoms with Gasteiger partial charge in [0, 0.05) is 17.1 Å². The van der Waals surface area contributed by atoms with E-state index in [1.807, 2.05) is 7.05 Å². The highest BCUT2D eigenvalue weighted by molar-refractivity contribution is 7.11. The minimum atomic E-state index is -4.30. The lowest BCUT2D eigenvalue weighted by atomic mass is 10.1. The molecule has 1 aliphatic carbocycles. The average Bonchev–Trinajstić information content (AvgIpc) is 2.95. The molecule has 1 atom stereocenters. The quantitative estimate of drug-likeness (QED) is 0.884. The van der Waals surface area contributed by atoms with Crippen molar-refractivity contribution in [1.29, 1.82) is 0 Å². The number of halogens is 3. The van der Waals surface area contributed by atoms with Crippen LogP contribution in [0.3, 0.4) is 0 Å². The number of hydrogen-bond acceptors (Lipinski definition) is 3. The van der Waals surface area contributed by atoms with Crippen molar-refractivity contribution in [3.63, 3.8) is 0 Å². The fourth-order valence-corrected chi connectivity index (χ4v) is 2.76. The van der Waals surface area contributed by atoms with E-state index in [-0.39, 0.29) is 0 Å². The lowest BCUT2D eigenvalue weighted by Crippen LogP contribution is -2.27. The second-order valence-electron chi connectivity index (χ2n) is 4.40. The molecule has 6 heteroatoms. The zero-order valence-electron chi connectivity index (χ0n) is 9.55. The summed E-state index contributed by atoms with van der Waals surface area (Å²) in [7, 11) is 1.91. The number of thiazole rings is 1. The number of nitrogens with zero attached hydrogens (tertiary/aromatic N) is 1. The van der Waals surface area contributed by atoms with Crippen molar-refractivity contribution in [2.75, 3.05) is 7.05 Å². The Morgan fingerprint density at radius 3 is 2.71 bits per heavy atom. The van der Waals surface area contributed by atoms with Crippen molar-refractivity contribution in [3.05, 3.63) is 16.1 Å². The van der Waals surface area contributed by atoms with Crippen LogP contribution in [0.1, 0.15) is 29.1 Å². The van der Waals surface area contributed by atoms with E-state index >= 15 is 0 Å². The van der Waals surface area contributed by atoms with Crippen molar-refractivity contribution >= 4 is 11.3 Å². The first-order chi connectivity index (χ1) is 8.00. The zero-order valence-corrected chi connectivity index (χ0v) is 10.4. The predicted molar refractivity (Wildman–Crippen MR) is 61.0 cm³/mol. The molecule has 96 valence electrons. The molecule has 1 aliphatic rings. The van der Waals surface area contributed by atoms with Gasteiger partial charge in [0.15, 0.2) is 5.01 Å². The molecule has 1 saturated carbocycles. The molecule has 0 radical (unpaired) electrons. The predicted octanol–water partition coefficient (Wildman–Crippen LogP) is 3.09. The molecule has 1 aromatic heterocycles. The van der Waals surface area contributed by atoms with Crippen molar-refractivity contribution in [1.82, 2.24) is 10.3 Å². The highest BCUT2D eigenvalue weighted by atomic mass is 32.1. The van der Waals surface area contributed by atoms with Crippen molar-refractivity contribution in [2.45, 2.75) is 37.9 Å². The molecule has 1 N–H and O–H groups in total. The van der Waals surface area contributed by atoms with Crippen molar-refractivity contribution in [2.24, 2.45) is 5.92 Å². The first-order valence-corrected chi connectivity index (χ1v) is 6.51. The maximum absolute atomic E-state index is 12.3. The minimum Gasteiger partial charge on any atom is -0.317 e. The number of alkyl halides is 3. The highest BCUT2D eigenvalue weighted by Gasteiger charge is 2.35. The summed E-state index contributed by atoms with van der Waals surface area (Å²) in [6.07, 6.45) is 1.09. The van der Waals surface area contributed by atoms with Gasteiger partial charge in [0.05, 0.1) is 0 Å². The summed E-state index contributed by atoms with van der Waals surface area (Å²) in [5, 5.41) is 2.50. The molecule has 17 heavy (non-hydrogen) atoms. The largest absolute Gasteiger partial charge is 0.443 e. The molecule has 0 amide bonds. The molecule has 1 heterocycles. The lowest BCUT2D eigenvalue weighted by molar-refractivity contribution is -0.137. The van der Waals surface area contributed by atoms with Gasteiger partial charge < -0.3 is 5.32 Å². The van der Waals surface area contributed by atoms with Crippen LogP contribution in [0.2, 0.25) is 0 Å². The Morgan fingerprint density at radius 1 is 1.53 bits per heavy atom. The molecule has 0 bridgehead atoms. The van der Waals surface area contributed by atoms with Gasteiger partial charge in [-0.1, -0.05) is 0 Å². The van der Waals surface area contributed by atoms with E-state index < -0.39 is 11.2 Å². The monoisotopic (exact) mass is 264 g/mol. The van der Waals surface area contributed by atoms with Crippen LogP contribution in [-0.4, -0.2) is 18.1 Å². The third kappa shape index (κ3) is 3.42. The van der Waals surface area contributed by atoms with E-state index in [0.29, 0.717) is 12.5 Å². The van der Waals surface area contributed by atoms with E-state index in [9.17, 15) is 13.2 Å². The molecule has 0 aromatic carbocycles. The van der Waals surface area contributed by atoms with Gasteiger partial charge in [-0.2, -0.15) is 13.2 Å². The maximum Gasteiger partial charge on any atom is 0.443 e. The third-order valence-corrected chi connectivity index (χ3v) is 4.16. The molecular weight excluding hydrogens is 249 g/mol. The molecule has 2 nitrogen and oxygen atoms in total. The van der Waals surface area contributed by atoms with Crippen LogP contribution in [0.15, 0.2) is 6.20 Å². The van der Waals surface area contributed by atoms with Gasteiger partial charge in [0.25, 0.3) is 0 Å². The van der Waals surface area contributed by atoms with Gasteiger partial charge in [0.1, 0.15) is 0 Å². The normalized spacial score (nSPS) is 18.4. The van der Waals surface area contributed by atoms with Gasteiger partial charge in [-0.3, -0.25) is 0 Å². The Bertz CT molecular complexity index is 371. The summed E-state index contributed by atoms with van der Waals surface area (Å²) in [5.41, 5.74) is 0. The fourth-order valence-electron chi connectivity index (χ4n) is 1.97. The van der Waals surface area contributed by atoms with Crippen LogP contribution in [0.5, 0.6) is 0 Å². The van der Waals surface area contributed by atoms with Gasteiger partial charge in [-0.15, -0.1) is 11.3 Å². The van der Waals surface area contributed by atoms with Gasteiger partial charge in [-0.25, -0.2) is 4.98 Å². The Labute approximate surface area is 102 Å². The van der Waals surface area contributed by atoms with Gasteiger partial charge in [0.2, 0.25) is 0 Å². The second kappa shape index (κ2) is 4.94. The highest BCUT2D eigenvalue weighted by Crippen LogP contribution is 2.36. The number of aromatic nitrogens is 1. The van der Waals surface area contributed by atoms with Gasteiger partial charge >= 0.3 is 6.18 Å². The van der Waals surface area contributed by atoms with Crippen molar-refractivity contribution in [3.8, 4) is 0 Å². The van der Waals surface area contributed by atoms with Crippen LogP contribution in [-0.2, 0) is 12.6 Å². The van der Waals surface area contributed by atoms with Crippen LogP contribution < -0.4 is 5.32 Å². The summed E-state index contributed by atoms with van der Waals surface area (Å²) in [6, 6.07) is 0.437. The zero-order chi connectivity index (χ0) is 12.5. The second-order valence-corrected chi connectivity index (χ2v) is 5.52. The van der Waals surface area contributed by atoms with Crippen LogP contribution in [0.4, 0.5) is 13.2 Å². The van der Waals surface area contributed by atoms with Crippen LogP contribution >= 0.6 is 11.3 Å². The molecule has 0 spiro atoms. The summed E-state index contributed by atoms with van der Waals surface area (Å²) < 4.78 is 37.0. The summed E-state index contributed by atoms with van der Waals surface area (Å²) in [5.74, 6) is 0.718. The number of rotatable bonds is 5. The summed E-state index contributed by atoms with van der Waals surface area (Å²) in [6.45, 7) is 0. The molecule has 1 fully saturated rings. The first kappa shape index (κ1) is 12.8. The van der Waals surface area contributed by atoms with E-state index in [1.165, 1.54) is 19.0 Å². The molecular formula is C11H15F3N2S. The Morgan fingerprint density at radius 2 is 2.24 bits per heavy atom. The summed E-state index contributed by atoms with van der Waals surface area (Å²) in [4.78, 5) is 4.15. The molecule has 0 saturated heterocycles. The molecule has 1 aromatic rings. The fraction of sp³-hybridized carbons (Fsp3) is 0.727. The lowest BCUT2D eigenvalue weighted by Gasteiger charge is -2.13. The molecule has 0 aliphatic heterocycles. The minimum absolute atomic E-state index is 0.437. The smallest absolute Gasteiger partial charge is 0.317 e. The number of aryl methyl sites for hydroxylation is 1.